The van der Waals surface area contributed by atoms with E-state index in [0.717, 1.165) is 24.6 Å². The number of rotatable bonds is 7. The molecular formula is C14H23ClN2. The minimum atomic E-state index is 0.349. The Kier molecular flexibility index (Phi) is 6.53. The lowest BCUT2D eigenvalue weighted by atomic mass is 9.93. The van der Waals surface area contributed by atoms with Crippen molar-refractivity contribution in [3.05, 3.63) is 29.0 Å². The Bertz CT molecular complexity index is 307. The molecule has 0 radical (unpaired) electrons. The number of hydrogen-bond acceptors (Lipinski definition) is 2. The molecule has 0 saturated carbocycles. The molecule has 0 aliphatic heterocycles. The molecule has 0 aliphatic rings. The maximum Gasteiger partial charge on any atom is 0.0589 e. The van der Waals surface area contributed by atoms with E-state index >= 15 is 0 Å². The van der Waals surface area contributed by atoms with Crippen molar-refractivity contribution in [3.63, 3.8) is 0 Å². The molecule has 1 heterocycles. The summed E-state index contributed by atoms with van der Waals surface area (Å²) in [5.41, 5.74) is 1.10. The first-order chi connectivity index (χ1) is 8.21. The lowest BCUT2D eigenvalue weighted by molar-refractivity contribution is 0.371. The van der Waals surface area contributed by atoms with E-state index in [-0.39, 0.29) is 0 Å². The predicted octanol–water partition coefficient (Wildman–Crippen LogP) is 4.21. The average molecular weight is 255 g/mol. The molecule has 0 amide bonds. The van der Waals surface area contributed by atoms with Gasteiger partial charge in [0.15, 0.2) is 0 Å². The van der Waals surface area contributed by atoms with Gasteiger partial charge in [0.1, 0.15) is 0 Å². The monoisotopic (exact) mass is 254 g/mol. The van der Waals surface area contributed by atoms with E-state index in [1.54, 1.807) is 6.20 Å². The van der Waals surface area contributed by atoms with Crippen LogP contribution in [0.2, 0.25) is 5.02 Å². The second-order valence-corrected chi connectivity index (χ2v) is 4.87. The number of aromatic nitrogens is 1. The van der Waals surface area contributed by atoms with Gasteiger partial charge in [0.2, 0.25) is 0 Å². The minimum absolute atomic E-state index is 0.349. The van der Waals surface area contributed by atoms with Crippen LogP contribution in [-0.4, -0.2) is 11.5 Å². The third-order valence-electron chi connectivity index (χ3n) is 3.28. The molecule has 17 heavy (non-hydrogen) atoms. The molecule has 0 aliphatic carbocycles. The largest absolute Gasteiger partial charge is 0.309 e. The van der Waals surface area contributed by atoms with E-state index in [9.17, 15) is 0 Å². The summed E-state index contributed by atoms with van der Waals surface area (Å²) in [7, 11) is 0. The van der Waals surface area contributed by atoms with Crippen molar-refractivity contribution in [1.82, 2.24) is 10.3 Å². The van der Waals surface area contributed by atoms with Crippen LogP contribution in [0, 0.1) is 5.92 Å². The van der Waals surface area contributed by atoms with E-state index in [1.807, 2.05) is 12.1 Å². The molecule has 3 heteroatoms. The van der Waals surface area contributed by atoms with Gasteiger partial charge in [0.25, 0.3) is 0 Å². The second kappa shape index (κ2) is 7.67. The fourth-order valence-corrected chi connectivity index (χ4v) is 2.22. The fraction of sp³-hybridized carbons (Fsp3) is 0.643. The van der Waals surface area contributed by atoms with Gasteiger partial charge in [-0.05, 0) is 31.0 Å². The smallest absolute Gasteiger partial charge is 0.0589 e. The predicted molar refractivity (Wildman–Crippen MR) is 74.4 cm³/mol. The van der Waals surface area contributed by atoms with Crippen LogP contribution in [0.3, 0.4) is 0 Å². The van der Waals surface area contributed by atoms with Crippen LogP contribution in [0.25, 0.3) is 0 Å². The Labute approximate surface area is 110 Å². The number of halogens is 1. The molecule has 1 N–H and O–H groups in total. The summed E-state index contributed by atoms with van der Waals surface area (Å²) in [6, 6.07) is 4.29. The highest BCUT2D eigenvalue weighted by Crippen LogP contribution is 2.24. The van der Waals surface area contributed by atoms with E-state index in [1.165, 1.54) is 12.8 Å². The molecule has 1 unspecified atom stereocenters. The van der Waals surface area contributed by atoms with E-state index in [2.05, 4.69) is 31.1 Å². The summed E-state index contributed by atoms with van der Waals surface area (Å²) >= 11 is 5.87. The third kappa shape index (κ3) is 4.64. The Morgan fingerprint density at radius 1 is 1.24 bits per heavy atom. The molecule has 0 aromatic carbocycles. The van der Waals surface area contributed by atoms with Crippen molar-refractivity contribution in [2.45, 2.75) is 46.1 Å². The van der Waals surface area contributed by atoms with Gasteiger partial charge in [-0.25, -0.2) is 0 Å². The van der Waals surface area contributed by atoms with Crippen LogP contribution in [0.5, 0.6) is 0 Å². The van der Waals surface area contributed by atoms with Gasteiger partial charge in [0.05, 0.1) is 10.7 Å². The topological polar surface area (TPSA) is 24.9 Å². The zero-order valence-electron chi connectivity index (χ0n) is 11.0. The number of pyridine rings is 1. The van der Waals surface area contributed by atoms with Gasteiger partial charge in [-0.2, -0.15) is 0 Å². The molecular weight excluding hydrogens is 232 g/mol. The molecule has 1 atom stereocenters. The number of hydrogen-bond donors (Lipinski definition) is 1. The van der Waals surface area contributed by atoms with Crippen LogP contribution in [-0.2, 0) is 0 Å². The molecule has 0 spiro atoms. The molecule has 96 valence electrons. The van der Waals surface area contributed by atoms with Gasteiger partial charge < -0.3 is 5.32 Å². The minimum Gasteiger partial charge on any atom is -0.309 e. The first kappa shape index (κ1) is 14.5. The standard InChI is InChI=1S/C14H23ClN2/c1-4-11(5-2)9-14(16-6-3)13-8-7-12(15)10-17-13/h7-8,10-11,14,16H,4-6,9H2,1-3H3. The number of nitrogens with zero attached hydrogens (tertiary/aromatic N) is 1. The van der Waals surface area contributed by atoms with Crippen LogP contribution >= 0.6 is 11.6 Å². The van der Waals surface area contributed by atoms with Gasteiger partial charge in [-0.3, -0.25) is 4.98 Å². The normalized spacial score (nSPS) is 13.0. The molecule has 0 fully saturated rings. The maximum atomic E-state index is 5.87. The molecule has 1 aromatic rings. The van der Waals surface area contributed by atoms with Crippen molar-refractivity contribution in [2.24, 2.45) is 5.92 Å². The molecule has 1 aromatic heterocycles. The summed E-state index contributed by atoms with van der Waals surface area (Å²) < 4.78 is 0. The summed E-state index contributed by atoms with van der Waals surface area (Å²) in [5.74, 6) is 0.761. The van der Waals surface area contributed by atoms with Crippen molar-refractivity contribution < 1.29 is 0 Å². The zero-order valence-corrected chi connectivity index (χ0v) is 11.8. The first-order valence-corrected chi connectivity index (χ1v) is 6.93. The molecule has 0 saturated heterocycles. The van der Waals surface area contributed by atoms with Crippen LogP contribution in [0.1, 0.15) is 51.8 Å². The Morgan fingerprint density at radius 3 is 2.41 bits per heavy atom. The summed E-state index contributed by atoms with van der Waals surface area (Å²) in [4.78, 5) is 4.42. The van der Waals surface area contributed by atoms with Crippen LogP contribution in [0.4, 0.5) is 0 Å². The van der Waals surface area contributed by atoms with Crippen molar-refractivity contribution in [2.75, 3.05) is 6.54 Å². The van der Waals surface area contributed by atoms with Crippen molar-refractivity contribution in [1.29, 1.82) is 0 Å². The van der Waals surface area contributed by atoms with Gasteiger partial charge in [-0.15, -0.1) is 0 Å². The molecule has 2 nitrogen and oxygen atoms in total. The third-order valence-corrected chi connectivity index (χ3v) is 3.51. The maximum absolute atomic E-state index is 5.87. The summed E-state index contributed by atoms with van der Waals surface area (Å²) in [6.45, 7) is 7.61. The fourth-order valence-electron chi connectivity index (χ4n) is 2.10. The second-order valence-electron chi connectivity index (χ2n) is 4.43. The lowest BCUT2D eigenvalue weighted by Gasteiger charge is -2.22. The summed E-state index contributed by atoms with van der Waals surface area (Å²) in [5, 5.41) is 4.21. The highest BCUT2D eigenvalue weighted by atomic mass is 35.5. The van der Waals surface area contributed by atoms with Crippen LogP contribution < -0.4 is 5.32 Å². The number of nitrogens with one attached hydrogen (secondary N) is 1. The van der Waals surface area contributed by atoms with Gasteiger partial charge >= 0.3 is 0 Å². The molecule has 1 rings (SSSR count). The Balaban J connectivity index is 2.73. The van der Waals surface area contributed by atoms with Crippen LogP contribution in [0.15, 0.2) is 18.3 Å². The SMILES string of the molecule is CCNC(CC(CC)CC)c1ccc(Cl)cn1. The van der Waals surface area contributed by atoms with Crippen molar-refractivity contribution >= 4 is 11.6 Å². The Hall–Kier alpha value is -0.600. The first-order valence-electron chi connectivity index (χ1n) is 6.56. The highest BCUT2D eigenvalue weighted by Gasteiger charge is 2.16. The lowest BCUT2D eigenvalue weighted by Crippen LogP contribution is -2.24. The van der Waals surface area contributed by atoms with Gasteiger partial charge in [-0.1, -0.05) is 45.2 Å². The average Bonchev–Trinajstić information content (AvgIpc) is 2.35. The van der Waals surface area contributed by atoms with E-state index in [0.29, 0.717) is 11.1 Å². The molecule has 0 bridgehead atoms. The Morgan fingerprint density at radius 2 is 1.94 bits per heavy atom. The van der Waals surface area contributed by atoms with E-state index < -0.39 is 0 Å². The van der Waals surface area contributed by atoms with E-state index in [4.69, 9.17) is 11.6 Å². The zero-order chi connectivity index (χ0) is 12.7. The quantitative estimate of drug-likeness (QED) is 0.788. The van der Waals surface area contributed by atoms with Crippen molar-refractivity contribution in [3.8, 4) is 0 Å². The summed E-state index contributed by atoms with van der Waals surface area (Å²) in [6.07, 6.45) is 5.33. The highest BCUT2D eigenvalue weighted by molar-refractivity contribution is 6.30. The van der Waals surface area contributed by atoms with Gasteiger partial charge in [0, 0.05) is 12.2 Å².